The van der Waals surface area contributed by atoms with Gasteiger partial charge in [0.25, 0.3) is 0 Å². The molecule has 384 valence electrons. The molecule has 9 heteroatoms. The predicted molar refractivity (Wildman–Crippen MR) is 295 cm³/mol. The summed E-state index contributed by atoms with van der Waals surface area (Å²) in [6.07, 6.45) is 43.0. The molecule has 0 aliphatic rings. The summed E-state index contributed by atoms with van der Waals surface area (Å²) in [5.41, 5.74) is 3.93. The van der Waals surface area contributed by atoms with Gasteiger partial charge in [0.15, 0.2) is 0 Å². The molecule has 0 aromatic heterocycles. The van der Waals surface area contributed by atoms with E-state index in [1.807, 2.05) is 36.4 Å². The van der Waals surface area contributed by atoms with Gasteiger partial charge in [0.1, 0.15) is 20.2 Å². The molecule has 0 atom stereocenters. The Morgan fingerprint density at radius 3 is 0.841 bits per heavy atom. The van der Waals surface area contributed by atoms with Crippen molar-refractivity contribution in [1.29, 1.82) is 0 Å². The van der Waals surface area contributed by atoms with E-state index in [-0.39, 0.29) is 58.7 Å². The van der Waals surface area contributed by atoms with Crippen molar-refractivity contribution in [3.05, 3.63) is 82.9 Å². The van der Waals surface area contributed by atoms with Crippen LogP contribution in [0.5, 0.6) is 0 Å². The van der Waals surface area contributed by atoms with Gasteiger partial charge in [-0.1, -0.05) is 256 Å². The third-order valence-corrected chi connectivity index (χ3v) is 15.7. The van der Waals surface area contributed by atoms with Crippen LogP contribution in [0.3, 0.4) is 0 Å². The Balaban J connectivity index is 0.000000467. The summed E-state index contributed by atoms with van der Waals surface area (Å²) >= 11 is 0. The van der Waals surface area contributed by atoms with Gasteiger partial charge in [-0.15, -0.1) is 0 Å². The Labute approximate surface area is 463 Å². The van der Waals surface area contributed by atoms with E-state index in [0.29, 0.717) is 10.8 Å². The average molecular weight is 1110 g/mol. The molecule has 0 aliphatic heterocycles. The summed E-state index contributed by atoms with van der Waals surface area (Å²) in [5.74, 6) is 0. The second-order valence-electron chi connectivity index (χ2n) is 20.0. The number of aryl methyl sites for hydroxylation is 4. The summed E-state index contributed by atoms with van der Waals surface area (Å²) in [7, 11) is -9.04. The average Bonchev–Trinajstić information content (AvgIpc) is 3.31. The van der Waals surface area contributed by atoms with Gasteiger partial charge in [-0.3, -0.25) is 0 Å². The minimum atomic E-state index is -4.52. The largest absolute Gasteiger partial charge is 2.00 e. The van der Waals surface area contributed by atoms with E-state index in [0.717, 1.165) is 110 Å². The molecule has 0 radical (unpaired) electrons. The zero-order valence-electron chi connectivity index (χ0n) is 44.2. The molecule has 0 fully saturated rings. The number of benzene rings is 4. The third kappa shape index (κ3) is 26.5. The van der Waals surface area contributed by atoms with Gasteiger partial charge in [-0.2, -0.15) is 0 Å². The van der Waals surface area contributed by atoms with Crippen molar-refractivity contribution in [3.8, 4) is 0 Å². The molecule has 0 amide bonds. The fourth-order valence-corrected chi connectivity index (χ4v) is 11.6. The van der Waals surface area contributed by atoms with Crippen molar-refractivity contribution in [3.63, 3.8) is 0 Å². The molecule has 0 bridgehead atoms. The Hall–Kier alpha value is -1.21. The van der Waals surface area contributed by atoms with Crippen LogP contribution in [0.25, 0.3) is 21.5 Å². The molecule has 0 aliphatic carbocycles. The van der Waals surface area contributed by atoms with Crippen LogP contribution in [0.15, 0.2) is 70.5 Å². The van der Waals surface area contributed by atoms with Crippen molar-refractivity contribution in [2.75, 3.05) is 0 Å². The Morgan fingerprint density at radius 1 is 0.333 bits per heavy atom. The zero-order valence-corrected chi connectivity index (χ0v) is 50.3. The number of hydrogen-bond acceptors (Lipinski definition) is 6. The van der Waals surface area contributed by atoms with Gasteiger partial charge in [0, 0.05) is 10.8 Å². The Morgan fingerprint density at radius 2 is 0.580 bits per heavy atom. The normalized spacial score (nSPS) is 11.8. The van der Waals surface area contributed by atoms with Crippen molar-refractivity contribution in [2.24, 2.45) is 0 Å². The molecular weight excluding hydrogens is 1020 g/mol. The Kier molecular flexibility index (Phi) is 35.5. The van der Waals surface area contributed by atoms with E-state index in [2.05, 4.69) is 39.8 Å². The maximum absolute atomic E-state index is 12.2. The van der Waals surface area contributed by atoms with E-state index in [4.69, 9.17) is 0 Å². The number of hydrogen-bond donors (Lipinski definition) is 0. The van der Waals surface area contributed by atoms with Crippen LogP contribution in [0.2, 0.25) is 0 Å². The zero-order chi connectivity index (χ0) is 49.3. The maximum atomic E-state index is 12.2. The van der Waals surface area contributed by atoms with E-state index < -0.39 is 20.2 Å². The number of unbranched alkanes of at least 4 members (excludes halogenated alkanes) is 28. The molecule has 0 saturated heterocycles. The van der Waals surface area contributed by atoms with Gasteiger partial charge in [0.2, 0.25) is 0 Å². The molecule has 4 aromatic rings. The van der Waals surface area contributed by atoms with E-state index in [1.54, 1.807) is 12.1 Å². The van der Waals surface area contributed by atoms with Crippen LogP contribution < -0.4 is 0 Å². The van der Waals surface area contributed by atoms with Crippen LogP contribution in [0, 0.1) is 0 Å². The SMILES string of the molecule is CCCCCCCCCCc1cc(S(=O)(=O)[O-])c2c(CCCCCCCCCC)cccc2c1.CCCCCCCCCCc1cc(S(=O)(=O)[O-])c2c(CCCCCCCCCC)cccc2c1.[Ba+2]. The first-order valence-electron chi connectivity index (χ1n) is 27.9. The summed E-state index contributed by atoms with van der Waals surface area (Å²) in [4.78, 5) is -0.0375. The van der Waals surface area contributed by atoms with Crippen LogP contribution >= 0.6 is 0 Å². The second kappa shape index (κ2) is 38.4. The maximum Gasteiger partial charge on any atom is 2.00 e. The molecule has 0 saturated carbocycles. The number of fused-ring (bicyclic) bond motifs is 2. The van der Waals surface area contributed by atoms with Crippen LogP contribution in [0.1, 0.15) is 255 Å². The van der Waals surface area contributed by atoms with Gasteiger partial charge in [-0.05, 0) is 96.5 Å². The second-order valence-corrected chi connectivity index (χ2v) is 22.7. The predicted octanol–water partition coefficient (Wildman–Crippen LogP) is 17.8. The first kappa shape index (κ1) is 63.9. The van der Waals surface area contributed by atoms with E-state index >= 15 is 0 Å². The topological polar surface area (TPSA) is 114 Å². The molecule has 0 N–H and O–H groups in total. The van der Waals surface area contributed by atoms with Gasteiger partial charge < -0.3 is 9.11 Å². The minimum absolute atomic E-state index is 0. The first-order valence-corrected chi connectivity index (χ1v) is 30.8. The van der Waals surface area contributed by atoms with Crippen molar-refractivity contribution in [2.45, 2.75) is 269 Å². The fourth-order valence-electron chi connectivity index (χ4n) is 9.97. The molecule has 0 heterocycles. The molecular formula is C60H94BaO6S2. The molecule has 4 rings (SSSR count). The summed E-state index contributed by atoms with van der Waals surface area (Å²) in [6, 6.07) is 19.4. The first-order chi connectivity index (χ1) is 32.9. The summed E-state index contributed by atoms with van der Waals surface area (Å²) < 4.78 is 73.2. The van der Waals surface area contributed by atoms with Crippen LogP contribution in [-0.4, -0.2) is 74.8 Å². The molecule has 6 nitrogen and oxygen atoms in total. The summed E-state index contributed by atoms with van der Waals surface area (Å²) in [6.45, 7) is 8.94. The third-order valence-electron chi connectivity index (χ3n) is 13.9. The molecule has 0 unspecified atom stereocenters. The van der Waals surface area contributed by atoms with Crippen LogP contribution in [0.4, 0.5) is 0 Å². The number of rotatable bonds is 38. The fraction of sp³-hybridized carbons (Fsp3) is 0.667. The van der Waals surface area contributed by atoms with Gasteiger partial charge in [-0.25, -0.2) is 16.8 Å². The van der Waals surface area contributed by atoms with Crippen molar-refractivity contribution < 1.29 is 25.9 Å². The minimum Gasteiger partial charge on any atom is -0.744 e. The molecule has 4 aromatic carbocycles. The van der Waals surface area contributed by atoms with Crippen molar-refractivity contribution in [1.82, 2.24) is 0 Å². The standard InChI is InChI=1S/2C30H48O3S.Ba/c2*1-3-5-7-9-11-13-15-17-20-26-24-28-23-19-22-27(30(28)29(25-26)34(31,32)33)21-18-16-14-12-10-8-6-4-2;/h2*19,22-25H,3-18,20-21H2,1-2H3,(H,31,32,33);/q;;+2/p-2. The molecule has 69 heavy (non-hydrogen) atoms. The smallest absolute Gasteiger partial charge is 0.744 e. The Bertz CT molecular complexity index is 2030. The van der Waals surface area contributed by atoms with E-state index in [1.165, 1.54) is 154 Å². The van der Waals surface area contributed by atoms with Crippen LogP contribution in [-0.2, 0) is 45.9 Å². The quantitative estimate of drug-likeness (QED) is 0.0251. The summed E-state index contributed by atoms with van der Waals surface area (Å²) in [5, 5.41) is 3.09. The molecule has 0 spiro atoms. The van der Waals surface area contributed by atoms with E-state index in [9.17, 15) is 25.9 Å². The van der Waals surface area contributed by atoms with Crippen molar-refractivity contribution >= 4 is 90.7 Å². The monoisotopic (exact) mass is 1110 g/mol. The van der Waals surface area contributed by atoms with Gasteiger partial charge >= 0.3 is 48.9 Å². The van der Waals surface area contributed by atoms with Gasteiger partial charge in [0.05, 0.1) is 9.79 Å².